The van der Waals surface area contributed by atoms with Crippen LogP contribution >= 0.6 is 34.4 Å². The molecule has 2 rings (SSSR count). The van der Waals surface area contributed by atoms with Crippen molar-refractivity contribution in [2.75, 3.05) is 0 Å². The van der Waals surface area contributed by atoms with Gasteiger partial charge in [-0.15, -0.1) is 0 Å². The van der Waals surface area contributed by atoms with E-state index in [2.05, 4.69) is 66.0 Å². The zero-order chi connectivity index (χ0) is 11.4. The molecule has 0 radical (unpaired) electrons. The fourth-order valence-corrected chi connectivity index (χ4v) is 3.29. The summed E-state index contributed by atoms with van der Waals surface area (Å²) in [5.41, 5.74) is 0. The number of halogens is 1. The lowest BCUT2D eigenvalue weighted by Crippen LogP contribution is -2.09. The predicted octanol–water partition coefficient (Wildman–Crippen LogP) is 5.38. The highest BCUT2D eigenvalue weighted by Crippen LogP contribution is 2.37. The van der Waals surface area contributed by atoms with Gasteiger partial charge in [-0.25, -0.2) is 0 Å². The smallest absolute Gasteiger partial charge is 0.0379 e. The lowest BCUT2D eigenvalue weighted by molar-refractivity contribution is 0.740. The molecule has 0 saturated carbocycles. The molecule has 2 heteroatoms. The van der Waals surface area contributed by atoms with E-state index < -0.39 is 0 Å². The molecule has 0 spiro atoms. The van der Waals surface area contributed by atoms with Crippen LogP contribution in [-0.2, 0) is 0 Å². The van der Waals surface area contributed by atoms with Crippen molar-refractivity contribution in [3.8, 4) is 0 Å². The van der Waals surface area contributed by atoms with Gasteiger partial charge in [0.15, 0.2) is 0 Å². The largest absolute Gasteiger partial charge is 0.0949 e. The van der Waals surface area contributed by atoms with Gasteiger partial charge in [-0.3, -0.25) is 0 Å². The Bertz CT molecular complexity index is 372. The molecule has 0 aromatic rings. The maximum absolute atomic E-state index is 2.54. The highest BCUT2D eigenvalue weighted by atomic mass is 127. The van der Waals surface area contributed by atoms with E-state index in [1.807, 2.05) is 11.8 Å². The van der Waals surface area contributed by atoms with Crippen LogP contribution in [0.4, 0.5) is 0 Å². The average Bonchev–Trinajstić information content (AvgIpc) is 2.42. The quantitative estimate of drug-likeness (QED) is 0.479. The number of rotatable bonds is 2. The Morgan fingerprint density at radius 3 is 3.00 bits per heavy atom. The second-order valence-corrected chi connectivity index (χ2v) is 8.12. The third-order valence-electron chi connectivity index (χ3n) is 2.80. The monoisotopic (exact) mass is 344 g/mol. The van der Waals surface area contributed by atoms with E-state index >= 15 is 0 Å². The summed E-state index contributed by atoms with van der Waals surface area (Å²) in [6.45, 7) is 2.30. The normalized spacial score (nSPS) is 29.6. The average molecular weight is 344 g/mol. The molecule has 2 aliphatic rings. The first kappa shape index (κ1) is 12.5. The van der Waals surface area contributed by atoms with Crippen molar-refractivity contribution in [2.24, 2.45) is 0 Å². The Labute approximate surface area is 116 Å². The minimum absolute atomic E-state index is 0.327. The first-order valence-electron chi connectivity index (χ1n) is 5.78. The minimum Gasteiger partial charge on any atom is -0.0949 e. The molecule has 0 aromatic heterocycles. The van der Waals surface area contributed by atoms with Crippen molar-refractivity contribution >= 4 is 34.4 Å². The van der Waals surface area contributed by atoms with Crippen LogP contribution in [0.1, 0.15) is 32.6 Å². The second-order valence-electron chi connectivity index (χ2n) is 4.46. The number of allylic oxidation sites excluding steroid dienone is 7. The molecular weight excluding hydrogens is 327 g/mol. The first-order valence-corrected chi connectivity index (χ1v) is 7.67. The minimum atomic E-state index is 0.327. The van der Waals surface area contributed by atoms with Gasteiger partial charge in [-0.1, -0.05) is 70.8 Å². The SMILES string of the molecule is CC1(I)C=CC=C(SC2=CCCC=C2)CC1. The van der Waals surface area contributed by atoms with Crippen LogP contribution in [0.25, 0.3) is 0 Å². The Hall–Kier alpha value is 0.0400. The Balaban J connectivity index is 1.97. The van der Waals surface area contributed by atoms with E-state index in [0.29, 0.717) is 3.42 Å². The standard InChI is InChI=1S/C14H17IS/c1-14(15)10-5-8-13(9-11-14)16-12-6-3-2-4-7-12/h3,5-8,10H,2,4,9,11H2,1H3. The molecular formula is C14H17IS. The molecule has 16 heavy (non-hydrogen) atoms. The van der Waals surface area contributed by atoms with Crippen LogP contribution in [-0.4, -0.2) is 3.42 Å². The Morgan fingerprint density at radius 1 is 1.38 bits per heavy atom. The summed E-state index contributed by atoms with van der Waals surface area (Å²) < 4.78 is 0.327. The van der Waals surface area contributed by atoms with E-state index in [1.165, 1.54) is 35.5 Å². The van der Waals surface area contributed by atoms with E-state index in [-0.39, 0.29) is 0 Å². The van der Waals surface area contributed by atoms with Crippen molar-refractivity contribution in [2.45, 2.75) is 36.0 Å². The molecule has 0 fully saturated rings. The van der Waals surface area contributed by atoms with Crippen LogP contribution in [0.15, 0.2) is 46.3 Å². The highest BCUT2D eigenvalue weighted by molar-refractivity contribution is 14.1. The molecule has 1 unspecified atom stereocenters. The number of alkyl halides is 1. The van der Waals surface area contributed by atoms with Gasteiger partial charge in [0.2, 0.25) is 0 Å². The van der Waals surface area contributed by atoms with Crippen LogP contribution in [0.2, 0.25) is 0 Å². The Kier molecular flexibility index (Phi) is 4.36. The van der Waals surface area contributed by atoms with Crippen LogP contribution in [0.3, 0.4) is 0 Å². The van der Waals surface area contributed by atoms with E-state index in [9.17, 15) is 0 Å². The van der Waals surface area contributed by atoms with Gasteiger partial charge >= 0.3 is 0 Å². The van der Waals surface area contributed by atoms with Crippen LogP contribution < -0.4 is 0 Å². The lowest BCUT2D eigenvalue weighted by Gasteiger charge is -2.16. The van der Waals surface area contributed by atoms with Gasteiger partial charge in [0.1, 0.15) is 0 Å². The summed E-state index contributed by atoms with van der Waals surface area (Å²) in [4.78, 5) is 2.91. The van der Waals surface area contributed by atoms with Gasteiger partial charge in [0, 0.05) is 8.33 Å². The summed E-state index contributed by atoms with van der Waals surface area (Å²) in [5, 5.41) is 0. The van der Waals surface area contributed by atoms with Crippen LogP contribution in [0, 0.1) is 0 Å². The number of hydrogen-bond acceptors (Lipinski definition) is 1. The van der Waals surface area contributed by atoms with Crippen molar-refractivity contribution in [1.29, 1.82) is 0 Å². The fourth-order valence-electron chi connectivity index (χ4n) is 1.79. The maximum atomic E-state index is 2.54. The first-order chi connectivity index (χ1) is 7.66. The predicted molar refractivity (Wildman–Crippen MR) is 82.9 cm³/mol. The van der Waals surface area contributed by atoms with Crippen molar-refractivity contribution in [3.05, 3.63) is 46.3 Å². The summed E-state index contributed by atoms with van der Waals surface area (Å²) >= 11 is 4.47. The van der Waals surface area contributed by atoms with Gasteiger partial charge in [0.25, 0.3) is 0 Å². The molecule has 0 nitrogen and oxygen atoms in total. The third-order valence-corrected chi connectivity index (χ3v) is 4.84. The molecule has 0 aromatic carbocycles. The summed E-state index contributed by atoms with van der Waals surface area (Å²) in [5.74, 6) is 0. The van der Waals surface area contributed by atoms with Gasteiger partial charge in [0.05, 0.1) is 0 Å². The molecule has 0 N–H and O–H groups in total. The summed E-state index contributed by atoms with van der Waals surface area (Å²) in [6.07, 6.45) is 18.5. The second kappa shape index (κ2) is 5.58. The fraction of sp³-hybridized carbons (Fsp3) is 0.429. The summed E-state index contributed by atoms with van der Waals surface area (Å²) in [7, 11) is 0. The molecule has 0 saturated heterocycles. The van der Waals surface area contributed by atoms with Crippen molar-refractivity contribution < 1.29 is 0 Å². The molecule has 0 amide bonds. The zero-order valence-corrected chi connectivity index (χ0v) is 12.6. The molecule has 86 valence electrons. The zero-order valence-electron chi connectivity index (χ0n) is 9.58. The number of hydrogen-bond donors (Lipinski definition) is 0. The molecule has 0 bridgehead atoms. The van der Waals surface area contributed by atoms with Crippen molar-refractivity contribution in [3.63, 3.8) is 0 Å². The molecule has 0 aliphatic heterocycles. The highest BCUT2D eigenvalue weighted by Gasteiger charge is 2.18. The van der Waals surface area contributed by atoms with E-state index in [0.717, 1.165) is 0 Å². The van der Waals surface area contributed by atoms with E-state index in [1.54, 1.807) is 0 Å². The van der Waals surface area contributed by atoms with Crippen LogP contribution in [0.5, 0.6) is 0 Å². The maximum Gasteiger partial charge on any atom is 0.0379 e. The van der Waals surface area contributed by atoms with Gasteiger partial charge < -0.3 is 0 Å². The number of thioether (sulfide) groups is 1. The topological polar surface area (TPSA) is 0 Å². The summed E-state index contributed by atoms with van der Waals surface area (Å²) in [6, 6.07) is 0. The Morgan fingerprint density at radius 2 is 2.25 bits per heavy atom. The third kappa shape index (κ3) is 3.81. The van der Waals surface area contributed by atoms with Gasteiger partial charge in [-0.2, -0.15) is 0 Å². The molecule has 0 heterocycles. The van der Waals surface area contributed by atoms with Gasteiger partial charge in [-0.05, 0) is 37.5 Å². The van der Waals surface area contributed by atoms with E-state index in [4.69, 9.17) is 0 Å². The van der Waals surface area contributed by atoms with Crippen molar-refractivity contribution in [1.82, 2.24) is 0 Å². The lowest BCUT2D eigenvalue weighted by atomic mass is 10.1. The molecule has 1 atom stereocenters. The molecule has 2 aliphatic carbocycles.